The molecule has 4 nitrogen and oxygen atoms in total. The number of benzene rings is 2. The Morgan fingerprint density at radius 2 is 1.95 bits per heavy atom. The molecular weight excluding hydrogens is 249 g/mol. The predicted molar refractivity (Wildman–Crippen MR) is 68.5 cm³/mol. The second-order valence-corrected chi connectivity index (χ2v) is 3.95. The van der Waals surface area contributed by atoms with Gasteiger partial charge in [-0.3, -0.25) is 0 Å². The Morgan fingerprint density at radius 3 is 2.58 bits per heavy atom. The first-order chi connectivity index (χ1) is 9.08. The average Bonchev–Trinajstić information content (AvgIpc) is 2.40. The summed E-state index contributed by atoms with van der Waals surface area (Å²) in [7, 11) is 0. The summed E-state index contributed by atoms with van der Waals surface area (Å²) in [5.41, 5.74) is 5.89. The van der Waals surface area contributed by atoms with Gasteiger partial charge in [-0.05, 0) is 11.6 Å². The average molecular weight is 261 g/mol. The highest BCUT2D eigenvalue weighted by Crippen LogP contribution is 2.25. The second-order valence-electron chi connectivity index (χ2n) is 3.95. The van der Waals surface area contributed by atoms with Crippen molar-refractivity contribution in [2.45, 2.75) is 6.61 Å². The molecule has 2 rings (SSSR count). The van der Waals surface area contributed by atoms with Crippen molar-refractivity contribution >= 4 is 11.7 Å². The highest BCUT2D eigenvalue weighted by atomic mass is 19.1. The fraction of sp³-hybridized carbons (Fsp3) is 0.0714. The number of ether oxygens (including phenoxy) is 1. The van der Waals surface area contributed by atoms with Gasteiger partial charge in [-0.15, -0.1) is 0 Å². The number of carboxylic acids is 1. The minimum atomic E-state index is -1.26. The van der Waals surface area contributed by atoms with Gasteiger partial charge in [-0.25, -0.2) is 9.18 Å². The molecule has 0 aliphatic carbocycles. The van der Waals surface area contributed by atoms with Crippen molar-refractivity contribution in [3.8, 4) is 5.75 Å². The van der Waals surface area contributed by atoms with Crippen LogP contribution in [0.3, 0.4) is 0 Å². The summed E-state index contributed by atoms with van der Waals surface area (Å²) in [6.07, 6.45) is 0. The monoisotopic (exact) mass is 261 g/mol. The van der Waals surface area contributed by atoms with Gasteiger partial charge in [0.2, 0.25) is 0 Å². The molecule has 0 bridgehead atoms. The molecule has 19 heavy (non-hydrogen) atoms. The lowest BCUT2D eigenvalue weighted by Crippen LogP contribution is -2.06. The topological polar surface area (TPSA) is 72.5 Å². The highest BCUT2D eigenvalue weighted by molar-refractivity contribution is 5.91. The predicted octanol–water partition coefficient (Wildman–Crippen LogP) is 2.69. The van der Waals surface area contributed by atoms with Gasteiger partial charge >= 0.3 is 5.97 Å². The molecular formula is C14H12FNO3. The molecule has 0 heterocycles. The van der Waals surface area contributed by atoms with Gasteiger partial charge in [-0.2, -0.15) is 0 Å². The van der Waals surface area contributed by atoms with E-state index in [2.05, 4.69) is 0 Å². The van der Waals surface area contributed by atoms with Crippen LogP contribution < -0.4 is 10.5 Å². The first kappa shape index (κ1) is 12.9. The summed E-state index contributed by atoms with van der Waals surface area (Å²) in [6.45, 7) is 0.187. The van der Waals surface area contributed by atoms with E-state index >= 15 is 0 Å². The molecule has 2 aromatic rings. The van der Waals surface area contributed by atoms with Crippen LogP contribution in [0.25, 0.3) is 0 Å². The molecule has 0 amide bonds. The van der Waals surface area contributed by atoms with Crippen LogP contribution in [0.15, 0.2) is 42.5 Å². The molecule has 2 aromatic carbocycles. The van der Waals surface area contributed by atoms with Gasteiger partial charge in [-0.1, -0.05) is 30.3 Å². The maximum Gasteiger partial charge on any atom is 0.339 e. The fourth-order valence-corrected chi connectivity index (χ4v) is 1.59. The lowest BCUT2D eigenvalue weighted by molar-refractivity contribution is 0.0691. The standard InChI is InChI=1S/C14H12FNO3/c15-11-6-10(14(17)18)13(7-12(11)16)19-8-9-4-2-1-3-5-9/h1-7H,8,16H2,(H,17,18). The Balaban J connectivity index is 2.24. The number of hydrogen-bond donors (Lipinski definition) is 2. The van der Waals surface area contributed by atoms with Crippen molar-refractivity contribution in [2.24, 2.45) is 0 Å². The van der Waals surface area contributed by atoms with E-state index in [-0.39, 0.29) is 23.6 Å². The molecule has 98 valence electrons. The summed E-state index contributed by atoms with van der Waals surface area (Å²) in [5.74, 6) is -1.98. The number of hydrogen-bond acceptors (Lipinski definition) is 3. The SMILES string of the molecule is Nc1cc(OCc2ccccc2)c(C(=O)O)cc1F. The van der Waals surface area contributed by atoms with E-state index in [9.17, 15) is 9.18 Å². The number of nitrogen functional groups attached to an aromatic ring is 1. The number of aromatic carboxylic acids is 1. The van der Waals surface area contributed by atoms with Gasteiger partial charge in [0.1, 0.15) is 23.7 Å². The van der Waals surface area contributed by atoms with Crippen molar-refractivity contribution in [1.29, 1.82) is 0 Å². The van der Waals surface area contributed by atoms with Gasteiger partial charge < -0.3 is 15.6 Å². The van der Waals surface area contributed by atoms with Crippen LogP contribution in [0.4, 0.5) is 10.1 Å². The molecule has 0 saturated heterocycles. The zero-order valence-corrected chi connectivity index (χ0v) is 9.97. The normalized spacial score (nSPS) is 10.2. The number of carboxylic acid groups (broad SMARTS) is 1. The summed E-state index contributed by atoms with van der Waals surface area (Å²) >= 11 is 0. The van der Waals surface area contributed by atoms with E-state index in [1.54, 1.807) is 0 Å². The number of rotatable bonds is 4. The van der Waals surface area contributed by atoms with E-state index in [4.69, 9.17) is 15.6 Å². The van der Waals surface area contributed by atoms with Crippen LogP contribution in [0.5, 0.6) is 5.75 Å². The van der Waals surface area contributed by atoms with Crippen molar-refractivity contribution in [2.75, 3.05) is 5.73 Å². The van der Waals surface area contributed by atoms with Crippen molar-refractivity contribution < 1.29 is 19.0 Å². The molecule has 0 aliphatic rings. The molecule has 3 N–H and O–H groups in total. The van der Waals surface area contributed by atoms with Crippen LogP contribution in [-0.2, 0) is 6.61 Å². The van der Waals surface area contributed by atoms with Crippen LogP contribution in [-0.4, -0.2) is 11.1 Å². The highest BCUT2D eigenvalue weighted by Gasteiger charge is 2.15. The molecule has 0 radical (unpaired) electrons. The first-order valence-electron chi connectivity index (χ1n) is 5.57. The minimum Gasteiger partial charge on any atom is -0.488 e. The quantitative estimate of drug-likeness (QED) is 0.830. The lowest BCUT2D eigenvalue weighted by Gasteiger charge is -2.10. The van der Waals surface area contributed by atoms with E-state index in [0.29, 0.717) is 0 Å². The first-order valence-corrected chi connectivity index (χ1v) is 5.57. The van der Waals surface area contributed by atoms with Crippen LogP contribution in [0, 0.1) is 5.82 Å². The molecule has 0 aromatic heterocycles. The zero-order valence-electron chi connectivity index (χ0n) is 9.97. The third-order valence-corrected chi connectivity index (χ3v) is 2.57. The third-order valence-electron chi connectivity index (χ3n) is 2.57. The van der Waals surface area contributed by atoms with Crippen molar-refractivity contribution in [3.05, 3.63) is 59.4 Å². The number of halogens is 1. The van der Waals surface area contributed by atoms with Gasteiger partial charge in [0.25, 0.3) is 0 Å². The third kappa shape index (κ3) is 3.01. The molecule has 5 heteroatoms. The molecule has 0 unspecified atom stereocenters. The van der Waals surface area contributed by atoms with E-state index in [0.717, 1.165) is 11.6 Å². The lowest BCUT2D eigenvalue weighted by atomic mass is 10.1. The largest absolute Gasteiger partial charge is 0.488 e. The van der Waals surface area contributed by atoms with Crippen molar-refractivity contribution in [1.82, 2.24) is 0 Å². The number of carbonyl (C=O) groups is 1. The van der Waals surface area contributed by atoms with Crippen molar-refractivity contribution in [3.63, 3.8) is 0 Å². The maximum absolute atomic E-state index is 13.2. The smallest absolute Gasteiger partial charge is 0.339 e. The zero-order chi connectivity index (χ0) is 13.8. The molecule has 0 aliphatic heterocycles. The Kier molecular flexibility index (Phi) is 3.66. The fourth-order valence-electron chi connectivity index (χ4n) is 1.59. The summed E-state index contributed by atoms with van der Waals surface area (Å²) < 4.78 is 18.6. The van der Waals surface area contributed by atoms with E-state index in [1.807, 2.05) is 30.3 Å². The number of nitrogens with two attached hydrogens (primary N) is 1. The minimum absolute atomic E-state index is 0.0512. The summed E-state index contributed by atoms with van der Waals surface area (Å²) in [5, 5.41) is 8.99. The van der Waals surface area contributed by atoms with E-state index in [1.165, 1.54) is 6.07 Å². The summed E-state index contributed by atoms with van der Waals surface area (Å²) in [6, 6.07) is 11.3. The maximum atomic E-state index is 13.2. The summed E-state index contributed by atoms with van der Waals surface area (Å²) in [4.78, 5) is 11.0. The molecule has 0 atom stereocenters. The number of anilines is 1. The van der Waals surface area contributed by atoms with E-state index < -0.39 is 11.8 Å². The van der Waals surface area contributed by atoms with Crippen LogP contribution in [0.2, 0.25) is 0 Å². The molecule has 0 spiro atoms. The van der Waals surface area contributed by atoms with Gasteiger partial charge in [0.05, 0.1) is 5.69 Å². The second kappa shape index (κ2) is 5.39. The Morgan fingerprint density at radius 1 is 1.26 bits per heavy atom. The van der Waals surface area contributed by atoms with Gasteiger partial charge in [0, 0.05) is 6.07 Å². The Hall–Kier alpha value is -2.56. The van der Waals surface area contributed by atoms with Crippen LogP contribution in [0.1, 0.15) is 15.9 Å². The molecule has 0 fully saturated rings. The Bertz CT molecular complexity index is 599. The van der Waals surface area contributed by atoms with Gasteiger partial charge in [0.15, 0.2) is 0 Å². The Labute approximate surface area is 109 Å². The van der Waals surface area contributed by atoms with Crippen LogP contribution >= 0.6 is 0 Å². The molecule has 0 saturated carbocycles.